The minimum Gasteiger partial charge on any atom is -0.381 e. The summed E-state index contributed by atoms with van der Waals surface area (Å²) in [7, 11) is -3.61. The van der Waals surface area contributed by atoms with E-state index in [0.717, 1.165) is 24.8 Å². The third kappa shape index (κ3) is 3.84. The molecule has 1 aliphatic carbocycles. The molecule has 3 aliphatic rings. The summed E-state index contributed by atoms with van der Waals surface area (Å²) < 4.78 is 33.6. The number of amides is 1. The van der Waals surface area contributed by atoms with Gasteiger partial charge in [0.05, 0.1) is 10.8 Å². The zero-order valence-electron chi connectivity index (χ0n) is 16.5. The van der Waals surface area contributed by atoms with E-state index in [-0.39, 0.29) is 23.8 Å². The summed E-state index contributed by atoms with van der Waals surface area (Å²) in [5.74, 6) is 0.306. The summed E-state index contributed by atoms with van der Waals surface area (Å²) in [6, 6.07) is 7.11. The van der Waals surface area contributed by atoms with E-state index in [4.69, 9.17) is 4.74 Å². The van der Waals surface area contributed by atoms with Gasteiger partial charge in [0.2, 0.25) is 15.9 Å². The second-order valence-electron chi connectivity index (χ2n) is 8.51. The van der Waals surface area contributed by atoms with E-state index in [1.165, 1.54) is 17.1 Å². The van der Waals surface area contributed by atoms with Crippen LogP contribution in [0.5, 0.6) is 0 Å². The molecule has 154 valence electrons. The van der Waals surface area contributed by atoms with Gasteiger partial charge in [-0.05, 0) is 55.7 Å². The molecule has 1 atom stereocenters. The van der Waals surface area contributed by atoms with Gasteiger partial charge in [-0.3, -0.25) is 4.79 Å². The van der Waals surface area contributed by atoms with Gasteiger partial charge in [0.15, 0.2) is 0 Å². The number of hydrogen-bond acceptors (Lipinski definition) is 4. The van der Waals surface area contributed by atoms with Gasteiger partial charge in [-0.25, -0.2) is 8.42 Å². The van der Waals surface area contributed by atoms with Gasteiger partial charge in [-0.1, -0.05) is 19.1 Å². The Labute approximate surface area is 167 Å². The van der Waals surface area contributed by atoms with E-state index < -0.39 is 10.0 Å². The van der Waals surface area contributed by atoms with Crippen LogP contribution in [-0.2, 0) is 26.0 Å². The van der Waals surface area contributed by atoms with Crippen molar-refractivity contribution in [2.45, 2.75) is 43.9 Å². The quantitative estimate of drug-likeness (QED) is 0.786. The van der Waals surface area contributed by atoms with Gasteiger partial charge >= 0.3 is 0 Å². The summed E-state index contributed by atoms with van der Waals surface area (Å²) >= 11 is 0. The van der Waals surface area contributed by atoms with Crippen LogP contribution in [0.4, 0.5) is 0 Å². The predicted molar refractivity (Wildman–Crippen MR) is 106 cm³/mol. The van der Waals surface area contributed by atoms with Crippen molar-refractivity contribution in [1.29, 1.82) is 0 Å². The molecule has 28 heavy (non-hydrogen) atoms. The smallest absolute Gasteiger partial charge is 0.243 e. The zero-order chi connectivity index (χ0) is 19.8. The Morgan fingerprint density at radius 2 is 1.89 bits per heavy atom. The molecular formula is C21H30N2O4S. The lowest BCUT2D eigenvalue weighted by molar-refractivity contribution is -0.129. The Kier molecular flexibility index (Phi) is 5.51. The molecule has 2 heterocycles. The van der Waals surface area contributed by atoms with Crippen molar-refractivity contribution >= 4 is 15.9 Å². The van der Waals surface area contributed by atoms with Crippen LogP contribution in [0.2, 0.25) is 0 Å². The van der Waals surface area contributed by atoms with Crippen molar-refractivity contribution in [3.05, 3.63) is 29.8 Å². The van der Waals surface area contributed by atoms with E-state index in [1.54, 1.807) is 12.1 Å². The molecule has 1 amide bonds. The third-order valence-corrected chi connectivity index (χ3v) is 8.48. The Bertz CT molecular complexity index is 811. The minimum atomic E-state index is -3.61. The standard InChI is InChI=1S/C21H30N2O4S/c1-2-16-5-7-18(8-6-16)28(25,26)23-14-19(20(24)22-13-17-3-4-17)21(15-23)9-11-27-12-10-21/h5-8,17,19H,2-4,9-15H2,1H3,(H,22,24)/t19-/m1/s1. The zero-order valence-corrected chi connectivity index (χ0v) is 17.3. The largest absolute Gasteiger partial charge is 0.381 e. The number of ether oxygens (including phenoxy) is 1. The fourth-order valence-electron chi connectivity index (χ4n) is 4.49. The molecule has 0 radical (unpaired) electrons. The molecule has 1 spiro atoms. The Balaban J connectivity index is 1.56. The monoisotopic (exact) mass is 406 g/mol. The minimum absolute atomic E-state index is 0.00725. The molecule has 6 nitrogen and oxygen atoms in total. The number of carbonyl (C=O) groups excluding carboxylic acids is 1. The normalized spacial score (nSPS) is 25.1. The summed E-state index contributed by atoms with van der Waals surface area (Å²) in [6.45, 7) is 4.60. The van der Waals surface area contributed by atoms with Crippen molar-refractivity contribution < 1.29 is 17.9 Å². The van der Waals surface area contributed by atoms with Crippen molar-refractivity contribution in [1.82, 2.24) is 9.62 Å². The van der Waals surface area contributed by atoms with Crippen molar-refractivity contribution in [2.24, 2.45) is 17.3 Å². The van der Waals surface area contributed by atoms with Crippen molar-refractivity contribution in [3.63, 3.8) is 0 Å². The van der Waals surface area contributed by atoms with Crippen molar-refractivity contribution in [3.8, 4) is 0 Å². The number of benzene rings is 1. The number of nitrogens with one attached hydrogen (secondary N) is 1. The van der Waals surface area contributed by atoms with Crippen LogP contribution in [0.15, 0.2) is 29.2 Å². The Morgan fingerprint density at radius 1 is 1.21 bits per heavy atom. The molecule has 1 aromatic rings. The van der Waals surface area contributed by atoms with Gasteiger partial charge in [0.1, 0.15) is 0 Å². The van der Waals surface area contributed by atoms with Gasteiger partial charge in [0, 0.05) is 38.3 Å². The Morgan fingerprint density at radius 3 is 2.50 bits per heavy atom. The molecule has 1 saturated carbocycles. The summed E-state index contributed by atoms with van der Waals surface area (Å²) in [6.07, 6.45) is 4.69. The van der Waals surface area contributed by atoms with Gasteiger partial charge in [-0.15, -0.1) is 0 Å². The van der Waals surface area contributed by atoms with Crippen LogP contribution < -0.4 is 5.32 Å². The van der Waals surface area contributed by atoms with Crippen LogP contribution >= 0.6 is 0 Å². The first-order valence-corrected chi connectivity index (χ1v) is 11.8. The van der Waals surface area contributed by atoms with E-state index >= 15 is 0 Å². The average molecular weight is 407 g/mol. The highest BCUT2D eigenvalue weighted by Gasteiger charge is 2.53. The highest BCUT2D eigenvalue weighted by molar-refractivity contribution is 7.89. The average Bonchev–Trinajstić information content (AvgIpc) is 3.47. The fourth-order valence-corrected chi connectivity index (χ4v) is 6.04. The summed E-state index contributed by atoms with van der Waals surface area (Å²) in [5, 5.41) is 3.08. The van der Waals surface area contributed by atoms with E-state index in [0.29, 0.717) is 37.1 Å². The van der Waals surface area contributed by atoms with Crippen LogP contribution in [0.1, 0.15) is 38.2 Å². The summed E-state index contributed by atoms with van der Waals surface area (Å²) in [4.78, 5) is 13.3. The number of sulfonamides is 1. The molecule has 3 fully saturated rings. The predicted octanol–water partition coefficient (Wildman–Crippen LogP) is 2.19. The SMILES string of the molecule is CCc1ccc(S(=O)(=O)N2C[C@H](C(=O)NCC3CC3)C3(CCOCC3)C2)cc1. The first kappa shape index (κ1) is 19.9. The second kappa shape index (κ2) is 7.76. The lowest BCUT2D eigenvalue weighted by atomic mass is 9.72. The van der Waals surface area contributed by atoms with Crippen LogP contribution in [0.25, 0.3) is 0 Å². The van der Waals surface area contributed by atoms with Crippen molar-refractivity contribution in [2.75, 3.05) is 32.8 Å². The Hall–Kier alpha value is -1.44. The van der Waals surface area contributed by atoms with Crippen LogP contribution in [0.3, 0.4) is 0 Å². The molecule has 1 N–H and O–H groups in total. The number of carbonyl (C=O) groups is 1. The number of aryl methyl sites for hydroxylation is 1. The van der Waals surface area contributed by atoms with Gasteiger partial charge < -0.3 is 10.1 Å². The number of nitrogens with zero attached hydrogens (tertiary/aromatic N) is 1. The first-order valence-electron chi connectivity index (χ1n) is 10.4. The van der Waals surface area contributed by atoms with E-state index in [1.807, 2.05) is 19.1 Å². The maximum Gasteiger partial charge on any atom is 0.243 e. The van der Waals surface area contributed by atoms with Crippen LogP contribution in [0, 0.1) is 17.3 Å². The van der Waals surface area contributed by atoms with Gasteiger partial charge in [0.25, 0.3) is 0 Å². The molecular weight excluding hydrogens is 376 g/mol. The number of hydrogen-bond donors (Lipinski definition) is 1. The lowest BCUT2D eigenvalue weighted by Gasteiger charge is -2.37. The maximum atomic E-state index is 13.3. The molecule has 4 rings (SSSR count). The lowest BCUT2D eigenvalue weighted by Crippen LogP contribution is -2.44. The molecule has 0 unspecified atom stereocenters. The summed E-state index contributed by atoms with van der Waals surface area (Å²) in [5.41, 5.74) is 0.793. The van der Waals surface area contributed by atoms with E-state index in [9.17, 15) is 13.2 Å². The molecule has 7 heteroatoms. The van der Waals surface area contributed by atoms with Gasteiger partial charge in [-0.2, -0.15) is 4.31 Å². The highest BCUT2D eigenvalue weighted by atomic mass is 32.2. The van der Waals surface area contributed by atoms with Crippen LogP contribution in [-0.4, -0.2) is 51.5 Å². The highest BCUT2D eigenvalue weighted by Crippen LogP contribution is 2.46. The molecule has 2 saturated heterocycles. The fraction of sp³-hybridized carbons (Fsp3) is 0.667. The molecule has 1 aromatic carbocycles. The molecule has 0 bridgehead atoms. The molecule has 2 aliphatic heterocycles. The number of rotatable bonds is 6. The maximum absolute atomic E-state index is 13.3. The second-order valence-corrected chi connectivity index (χ2v) is 10.4. The third-order valence-electron chi connectivity index (χ3n) is 6.65. The first-order chi connectivity index (χ1) is 13.4. The molecule has 0 aromatic heterocycles. The topological polar surface area (TPSA) is 75.7 Å². The van der Waals surface area contributed by atoms with E-state index in [2.05, 4.69) is 5.32 Å².